The van der Waals surface area contributed by atoms with Crippen molar-refractivity contribution in [1.82, 2.24) is 15.0 Å². The molecule has 3 nitrogen and oxygen atoms in total. The van der Waals surface area contributed by atoms with Gasteiger partial charge < -0.3 is 0 Å². The summed E-state index contributed by atoms with van der Waals surface area (Å²) in [6.07, 6.45) is 11.6. The molecule has 0 atom stereocenters. The molecule has 184 valence electrons. The van der Waals surface area contributed by atoms with Crippen molar-refractivity contribution in [2.24, 2.45) is 0 Å². The molecule has 3 aromatic carbocycles. The average Bonchev–Trinajstić information content (AvgIpc) is 3.46. The van der Waals surface area contributed by atoms with E-state index in [0.29, 0.717) is 17.5 Å². The first kappa shape index (κ1) is 22.6. The molecular weight excluding hydrogens is 515 g/mol. The molecule has 2 aliphatic rings. The van der Waals surface area contributed by atoms with Crippen molar-refractivity contribution in [2.75, 3.05) is 0 Å². The number of hydrogen-bond donors (Lipinski definition) is 0. The molecule has 39 heavy (non-hydrogen) atoms. The third-order valence-electron chi connectivity index (χ3n) is 7.32. The number of rotatable bonds is 3. The lowest BCUT2D eigenvalue weighted by Gasteiger charge is -2.11. The highest BCUT2D eigenvalue weighted by atomic mass is 32.1. The van der Waals surface area contributed by atoms with Crippen molar-refractivity contribution in [3.8, 4) is 46.0 Å². The van der Waals surface area contributed by atoms with Gasteiger partial charge in [-0.05, 0) is 48.3 Å². The van der Waals surface area contributed by atoms with Crippen molar-refractivity contribution >= 4 is 55.0 Å². The maximum absolute atomic E-state index is 5.17. The Morgan fingerprint density at radius 1 is 0.692 bits per heavy atom. The summed E-state index contributed by atoms with van der Waals surface area (Å²) in [6, 6.07) is 23.1. The van der Waals surface area contributed by atoms with Crippen molar-refractivity contribution in [3.05, 3.63) is 99.8 Å². The number of hydrogen-bond acceptors (Lipinski definition) is 5. The minimum absolute atomic E-state index is 0.688. The summed E-state index contributed by atoms with van der Waals surface area (Å²) in [5.41, 5.74) is 5.64. The number of allylic oxidation sites excluding steroid dienone is 2. The Bertz CT molecular complexity index is 2050. The summed E-state index contributed by atoms with van der Waals surface area (Å²) in [5, 5.41) is 2.46. The van der Waals surface area contributed by atoms with E-state index in [-0.39, 0.29) is 0 Å². The highest BCUT2D eigenvalue weighted by Crippen LogP contribution is 2.42. The van der Waals surface area contributed by atoms with Gasteiger partial charge in [0, 0.05) is 53.0 Å². The Morgan fingerprint density at radius 3 is 2.44 bits per heavy atom. The molecule has 3 heterocycles. The SMILES string of the molecule is C1#CCc2sc3c(-c4nc(-c5ccccc5)nc(-c5cccc6sc7c(c56)C=CCC7)n4)cccc3c2C=C1. The molecule has 0 unspecified atom stereocenters. The number of fused-ring (bicyclic) bond motifs is 6. The largest absolute Gasteiger partial charge is 0.208 e. The topological polar surface area (TPSA) is 38.7 Å². The zero-order valence-corrected chi connectivity index (χ0v) is 22.6. The molecule has 0 saturated carbocycles. The third kappa shape index (κ3) is 3.76. The lowest BCUT2D eigenvalue weighted by molar-refractivity contribution is 1.02. The molecule has 0 N–H and O–H groups in total. The molecular formula is C34H21N3S2. The van der Waals surface area contributed by atoms with Gasteiger partial charge in [0.15, 0.2) is 17.5 Å². The van der Waals surface area contributed by atoms with Gasteiger partial charge in [-0.15, -0.1) is 22.7 Å². The summed E-state index contributed by atoms with van der Waals surface area (Å²) < 4.78 is 2.48. The van der Waals surface area contributed by atoms with Gasteiger partial charge in [0.25, 0.3) is 0 Å². The van der Waals surface area contributed by atoms with E-state index in [1.54, 1.807) is 11.3 Å². The van der Waals surface area contributed by atoms with Crippen LogP contribution in [0.4, 0.5) is 0 Å². The number of nitrogens with zero attached hydrogens (tertiary/aromatic N) is 3. The Balaban J connectivity index is 1.40. The summed E-state index contributed by atoms with van der Waals surface area (Å²) in [5.74, 6) is 8.47. The van der Waals surface area contributed by atoms with Crippen LogP contribution in [0.2, 0.25) is 0 Å². The Morgan fingerprint density at radius 2 is 1.51 bits per heavy atom. The smallest absolute Gasteiger partial charge is 0.165 e. The molecule has 0 radical (unpaired) electrons. The van der Waals surface area contributed by atoms with Crippen LogP contribution in [0.5, 0.6) is 0 Å². The fourth-order valence-electron chi connectivity index (χ4n) is 5.51. The highest BCUT2D eigenvalue weighted by molar-refractivity contribution is 7.20. The van der Waals surface area contributed by atoms with E-state index >= 15 is 0 Å². The first-order valence-corrected chi connectivity index (χ1v) is 14.7. The van der Waals surface area contributed by atoms with Crippen LogP contribution in [-0.4, -0.2) is 15.0 Å². The van der Waals surface area contributed by atoms with Gasteiger partial charge in [0.1, 0.15) is 0 Å². The number of aryl methyl sites for hydroxylation is 1. The maximum atomic E-state index is 5.17. The molecule has 0 spiro atoms. The molecule has 0 amide bonds. The molecule has 0 fully saturated rings. The molecule has 8 rings (SSSR count). The Kier molecular flexibility index (Phi) is 5.29. The van der Waals surface area contributed by atoms with E-state index in [1.165, 1.54) is 41.1 Å². The van der Waals surface area contributed by atoms with Crippen molar-refractivity contribution in [3.63, 3.8) is 0 Å². The fourth-order valence-corrected chi connectivity index (χ4v) is 7.98. The minimum atomic E-state index is 0.688. The number of benzene rings is 3. The van der Waals surface area contributed by atoms with Crippen LogP contribution in [0.15, 0.2) is 78.9 Å². The molecule has 2 aliphatic carbocycles. The zero-order valence-electron chi connectivity index (χ0n) is 20.9. The predicted molar refractivity (Wildman–Crippen MR) is 165 cm³/mol. The second kappa shape index (κ2) is 9.13. The fraction of sp³-hybridized carbons (Fsp3) is 0.0882. The van der Waals surface area contributed by atoms with Gasteiger partial charge in [0.2, 0.25) is 0 Å². The molecule has 0 saturated heterocycles. The molecule has 3 aromatic heterocycles. The van der Waals surface area contributed by atoms with Crippen LogP contribution in [0.3, 0.4) is 0 Å². The second-order valence-corrected chi connectivity index (χ2v) is 11.9. The second-order valence-electron chi connectivity index (χ2n) is 9.68. The lowest BCUT2D eigenvalue weighted by Crippen LogP contribution is -2.00. The van der Waals surface area contributed by atoms with Gasteiger partial charge in [-0.3, -0.25) is 0 Å². The Labute approximate surface area is 234 Å². The van der Waals surface area contributed by atoms with E-state index in [4.69, 9.17) is 15.0 Å². The molecule has 5 heteroatoms. The van der Waals surface area contributed by atoms with Gasteiger partial charge in [-0.2, -0.15) is 0 Å². The summed E-state index contributed by atoms with van der Waals surface area (Å²) in [6.45, 7) is 0. The number of thiophene rings is 2. The third-order valence-corrected chi connectivity index (χ3v) is 9.80. The van der Waals surface area contributed by atoms with E-state index in [0.717, 1.165) is 36.0 Å². The summed E-state index contributed by atoms with van der Waals surface area (Å²) in [4.78, 5) is 18.0. The molecule has 0 bridgehead atoms. The van der Waals surface area contributed by atoms with Crippen LogP contribution in [-0.2, 0) is 12.8 Å². The maximum Gasteiger partial charge on any atom is 0.165 e. The van der Waals surface area contributed by atoms with Crippen LogP contribution < -0.4 is 0 Å². The van der Waals surface area contributed by atoms with Crippen molar-refractivity contribution in [2.45, 2.75) is 19.3 Å². The van der Waals surface area contributed by atoms with Crippen molar-refractivity contribution in [1.29, 1.82) is 0 Å². The van der Waals surface area contributed by atoms with Crippen LogP contribution in [0, 0.1) is 11.8 Å². The summed E-state index contributed by atoms with van der Waals surface area (Å²) in [7, 11) is 0. The summed E-state index contributed by atoms with van der Waals surface area (Å²) >= 11 is 3.69. The average molecular weight is 536 g/mol. The lowest BCUT2D eigenvalue weighted by atomic mass is 9.99. The van der Waals surface area contributed by atoms with Gasteiger partial charge in [-0.25, -0.2) is 15.0 Å². The van der Waals surface area contributed by atoms with Crippen molar-refractivity contribution < 1.29 is 0 Å². The van der Waals surface area contributed by atoms with E-state index in [2.05, 4.69) is 78.6 Å². The minimum Gasteiger partial charge on any atom is -0.208 e. The normalized spacial score (nSPS) is 13.6. The van der Waals surface area contributed by atoms with Crippen LogP contribution >= 0.6 is 22.7 Å². The molecule has 6 aromatic rings. The van der Waals surface area contributed by atoms with Gasteiger partial charge in [-0.1, -0.05) is 78.6 Å². The van der Waals surface area contributed by atoms with Gasteiger partial charge >= 0.3 is 0 Å². The van der Waals surface area contributed by atoms with Gasteiger partial charge in [0.05, 0.1) is 0 Å². The number of aromatic nitrogens is 3. The monoisotopic (exact) mass is 535 g/mol. The molecule has 0 aliphatic heterocycles. The van der Waals surface area contributed by atoms with E-state index < -0.39 is 0 Å². The zero-order chi connectivity index (χ0) is 25.8. The predicted octanol–water partition coefficient (Wildman–Crippen LogP) is 8.83. The standard InChI is InChI=1S/C34H21N3S2/c1-3-11-21(12-4-1)32-35-33(25-16-10-20-29-30(25)24-14-7-8-19-28(24)38-29)37-34(36-32)26-17-9-15-23-22-13-5-2-6-18-27(22)39-31(23)26/h1,3-5,7,9-17,20H,8,18-19H2. The van der Waals surface area contributed by atoms with E-state index in [9.17, 15) is 0 Å². The van der Waals surface area contributed by atoms with Crippen LogP contribution in [0.1, 0.15) is 27.3 Å². The van der Waals surface area contributed by atoms with E-state index in [1.807, 2.05) is 35.6 Å². The quantitative estimate of drug-likeness (QED) is 0.213. The first-order chi connectivity index (χ1) is 19.3. The van der Waals surface area contributed by atoms with Crippen LogP contribution in [0.25, 0.3) is 66.5 Å². The Hall–Kier alpha value is -4.37. The first-order valence-electron chi connectivity index (χ1n) is 13.1. The highest BCUT2D eigenvalue weighted by Gasteiger charge is 2.21.